The topological polar surface area (TPSA) is 259 Å². The summed E-state index contributed by atoms with van der Waals surface area (Å²) in [5.74, 6) is -0.340. The third kappa shape index (κ3) is 13.8. The van der Waals surface area contributed by atoms with Gasteiger partial charge in [0, 0.05) is 19.6 Å². The van der Waals surface area contributed by atoms with Crippen LogP contribution in [0.5, 0.6) is 5.75 Å². The molecule has 2 aromatic rings. The first-order valence-corrected chi connectivity index (χ1v) is 16.2. The number of aliphatic imine (C=N–C) groups is 1. The van der Waals surface area contributed by atoms with E-state index in [0.29, 0.717) is 32.0 Å². The van der Waals surface area contributed by atoms with Crippen LogP contribution >= 0.6 is 11.6 Å². The van der Waals surface area contributed by atoms with Crippen molar-refractivity contribution in [3.8, 4) is 5.75 Å². The Bertz CT molecular complexity index is 1270. The number of unbranched alkanes of at least 4 members (excludes halogenated alkanes) is 4. The molecule has 47 heavy (non-hydrogen) atoms. The molecular weight excluding hydrogens is 632 g/mol. The highest BCUT2D eigenvalue weighted by Crippen LogP contribution is 2.20. The van der Waals surface area contributed by atoms with E-state index >= 15 is 0 Å². The Hall–Kier alpha value is -3.31. The van der Waals surface area contributed by atoms with Gasteiger partial charge in [-0.15, -0.1) is 0 Å². The van der Waals surface area contributed by atoms with Crippen LogP contribution in [0.2, 0.25) is 5.15 Å². The summed E-state index contributed by atoms with van der Waals surface area (Å²) < 4.78 is 5.95. The van der Waals surface area contributed by atoms with Gasteiger partial charge in [-0.05, 0) is 56.8 Å². The number of guanidine groups is 1. The third-order valence-electron chi connectivity index (χ3n) is 7.53. The SMILES string of the molecule is CCCCCCN(CCOc1ccc(CCCCN=C(N)NC(=O)c2nc(Cl)c(N)nc2N)cc1)C[C@@](C)(O)[C@@H](O)[C@H](O)[C@H](O)CO. The Morgan fingerprint density at radius 3 is 2.43 bits per heavy atom. The molecule has 0 radical (unpaired) electrons. The van der Waals surface area contributed by atoms with Crippen molar-refractivity contribution < 1.29 is 35.1 Å². The molecule has 0 aliphatic carbocycles. The number of amides is 1. The van der Waals surface area contributed by atoms with Gasteiger partial charge < -0.3 is 47.5 Å². The number of halogens is 1. The number of nitrogens with one attached hydrogen (secondary N) is 1. The van der Waals surface area contributed by atoms with E-state index in [2.05, 4.69) is 27.2 Å². The predicted molar refractivity (Wildman–Crippen MR) is 181 cm³/mol. The van der Waals surface area contributed by atoms with Crippen LogP contribution in [0, 0.1) is 0 Å². The van der Waals surface area contributed by atoms with Gasteiger partial charge in [0.15, 0.2) is 28.4 Å². The summed E-state index contributed by atoms with van der Waals surface area (Å²) in [6.07, 6.45) is 1.54. The molecule has 12 N–H and O–H groups in total. The number of nitrogens with zero attached hydrogens (tertiary/aromatic N) is 4. The van der Waals surface area contributed by atoms with Crippen molar-refractivity contribution >= 4 is 35.1 Å². The Morgan fingerprint density at radius 2 is 1.77 bits per heavy atom. The first-order chi connectivity index (χ1) is 22.3. The monoisotopic (exact) mass is 682 g/mol. The number of anilines is 2. The second-order valence-corrected chi connectivity index (χ2v) is 12.0. The number of rotatable bonds is 21. The van der Waals surface area contributed by atoms with E-state index in [1.807, 2.05) is 29.2 Å². The Labute approximate surface area is 280 Å². The fourth-order valence-electron chi connectivity index (χ4n) is 4.77. The molecule has 264 valence electrons. The maximum atomic E-state index is 12.3. The van der Waals surface area contributed by atoms with Crippen LogP contribution in [-0.4, -0.2) is 116 Å². The highest BCUT2D eigenvalue weighted by molar-refractivity contribution is 6.31. The maximum Gasteiger partial charge on any atom is 0.280 e. The van der Waals surface area contributed by atoms with E-state index in [-0.39, 0.29) is 35.0 Å². The number of aliphatic hydroxyl groups excluding tert-OH is 4. The molecule has 0 saturated carbocycles. The molecule has 0 fully saturated rings. The molecule has 0 bridgehead atoms. The smallest absolute Gasteiger partial charge is 0.280 e. The van der Waals surface area contributed by atoms with Crippen molar-refractivity contribution in [1.82, 2.24) is 20.2 Å². The molecule has 0 spiro atoms. The molecule has 1 aromatic carbocycles. The van der Waals surface area contributed by atoms with Crippen molar-refractivity contribution in [2.75, 3.05) is 50.9 Å². The first-order valence-electron chi connectivity index (χ1n) is 15.8. The van der Waals surface area contributed by atoms with Gasteiger partial charge in [0.1, 0.15) is 36.3 Å². The number of hydrogen-bond donors (Lipinski definition) is 9. The van der Waals surface area contributed by atoms with Gasteiger partial charge in [-0.1, -0.05) is 49.9 Å². The summed E-state index contributed by atoms with van der Waals surface area (Å²) in [5.41, 5.74) is 16.2. The maximum absolute atomic E-state index is 12.3. The Balaban J connectivity index is 1.80. The van der Waals surface area contributed by atoms with E-state index in [4.69, 9.17) is 38.6 Å². The minimum absolute atomic E-state index is 0.0423. The summed E-state index contributed by atoms with van der Waals surface area (Å²) in [6.45, 7) is 4.69. The van der Waals surface area contributed by atoms with Crippen LogP contribution in [0.3, 0.4) is 0 Å². The highest BCUT2D eigenvalue weighted by atomic mass is 35.5. The average Bonchev–Trinajstić information content (AvgIpc) is 3.03. The van der Waals surface area contributed by atoms with Gasteiger partial charge in [-0.3, -0.25) is 20.0 Å². The van der Waals surface area contributed by atoms with Gasteiger partial charge in [0.25, 0.3) is 5.91 Å². The summed E-state index contributed by atoms with van der Waals surface area (Å²) in [6, 6.07) is 7.73. The lowest BCUT2D eigenvalue weighted by atomic mass is 9.91. The van der Waals surface area contributed by atoms with Gasteiger partial charge >= 0.3 is 0 Å². The molecule has 1 aromatic heterocycles. The zero-order valence-corrected chi connectivity index (χ0v) is 27.9. The van der Waals surface area contributed by atoms with E-state index < -0.39 is 36.4 Å². The lowest BCUT2D eigenvalue weighted by molar-refractivity contribution is -0.158. The van der Waals surface area contributed by atoms with Crippen molar-refractivity contribution in [2.24, 2.45) is 10.7 Å². The highest BCUT2D eigenvalue weighted by Gasteiger charge is 2.39. The summed E-state index contributed by atoms with van der Waals surface area (Å²) >= 11 is 5.81. The summed E-state index contributed by atoms with van der Waals surface area (Å²) in [7, 11) is 0. The fourth-order valence-corrected chi connectivity index (χ4v) is 4.90. The van der Waals surface area contributed by atoms with Gasteiger partial charge in [-0.25, -0.2) is 9.97 Å². The second kappa shape index (κ2) is 20.1. The summed E-state index contributed by atoms with van der Waals surface area (Å²) in [4.78, 5) is 26.0. The van der Waals surface area contributed by atoms with Crippen molar-refractivity contribution in [3.63, 3.8) is 0 Å². The molecule has 15 nitrogen and oxygen atoms in total. The number of nitrogen functional groups attached to an aromatic ring is 2. The molecule has 2 rings (SSSR count). The predicted octanol–water partition coefficient (Wildman–Crippen LogP) is 0.449. The fraction of sp³-hybridized carbons (Fsp3) is 0.613. The molecule has 0 saturated heterocycles. The van der Waals surface area contributed by atoms with E-state index in [9.17, 15) is 25.2 Å². The number of ether oxygens (including phenoxy) is 1. The quantitative estimate of drug-likeness (QED) is 0.0493. The number of hydrogen-bond acceptors (Lipinski definition) is 13. The third-order valence-corrected chi connectivity index (χ3v) is 7.81. The second-order valence-electron chi connectivity index (χ2n) is 11.7. The zero-order chi connectivity index (χ0) is 35.0. The number of aromatic nitrogens is 2. The van der Waals surface area contributed by atoms with Crippen LogP contribution in [0.15, 0.2) is 29.3 Å². The largest absolute Gasteiger partial charge is 0.492 e. The standard InChI is InChI=1S/C31H51ClN8O7/c1-3-4-5-8-15-40(19-31(2,46)25(44)24(43)22(42)18-41)16-17-47-21-12-10-20(11-13-21)9-6-7-14-36-30(35)39-29(45)23-27(33)38-28(34)26(32)37-23/h10-13,22,24-25,41-44,46H,3-9,14-19H2,1-2H3,(H4,33,34,38)(H3,35,36,39,45)/t22-,24-,25+,31-/m1/s1. The van der Waals surface area contributed by atoms with Crippen molar-refractivity contribution in [3.05, 3.63) is 40.7 Å². The van der Waals surface area contributed by atoms with Crippen LogP contribution in [0.1, 0.15) is 68.4 Å². The lowest BCUT2D eigenvalue weighted by Gasteiger charge is -2.37. The number of carbonyl (C=O) groups is 1. The summed E-state index contributed by atoms with van der Waals surface area (Å²) in [5, 5.41) is 52.6. The number of aliphatic hydroxyl groups is 5. The molecule has 0 aliphatic heterocycles. The minimum Gasteiger partial charge on any atom is -0.492 e. The normalized spacial score (nSPS) is 15.2. The van der Waals surface area contributed by atoms with Crippen LogP contribution in [0.4, 0.5) is 11.6 Å². The van der Waals surface area contributed by atoms with Crippen molar-refractivity contribution in [2.45, 2.75) is 82.7 Å². The van der Waals surface area contributed by atoms with Gasteiger partial charge in [0.2, 0.25) is 0 Å². The molecule has 4 atom stereocenters. The Kier molecular flexibility index (Phi) is 17.1. The molecule has 1 heterocycles. The molecule has 16 heteroatoms. The number of carbonyl (C=O) groups excluding carboxylic acids is 1. The van der Waals surface area contributed by atoms with Crippen LogP contribution < -0.4 is 27.3 Å². The van der Waals surface area contributed by atoms with Gasteiger partial charge in [0.05, 0.1) is 6.61 Å². The molecule has 0 unspecified atom stereocenters. The van der Waals surface area contributed by atoms with Crippen LogP contribution in [-0.2, 0) is 6.42 Å². The number of benzene rings is 1. The number of aryl methyl sites for hydroxylation is 1. The molecular formula is C31H51ClN8O7. The molecule has 0 aliphatic rings. The average molecular weight is 683 g/mol. The minimum atomic E-state index is -1.73. The van der Waals surface area contributed by atoms with Crippen LogP contribution in [0.25, 0.3) is 0 Å². The lowest BCUT2D eigenvalue weighted by Crippen LogP contribution is -2.57. The van der Waals surface area contributed by atoms with E-state index in [0.717, 1.165) is 50.5 Å². The number of nitrogens with two attached hydrogens (primary N) is 3. The van der Waals surface area contributed by atoms with Crippen molar-refractivity contribution in [1.29, 1.82) is 0 Å². The van der Waals surface area contributed by atoms with E-state index in [1.54, 1.807) is 0 Å². The molecule has 1 amide bonds. The van der Waals surface area contributed by atoms with Gasteiger partial charge in [-0.2, -0.15) is 0 Å². The zero-order valence-electron chi connectivity index (χ0n) is 27.2. The Morgan fingerprint density at radius 1 is 1.06 bits per heavy atom. The first kappa shape index (κ1) is 39.9. The van der Waals surface area contributed by atoms with E-state index in [1.165, 1.54) is 6.92 Å².